The number of benzene rings is 2. The summed E-state index contributed by atoms with van der Waals surface area (Å²) in [6.07, 6.45) is 0. The maximum Gasteiger partial charge on any atom is 0.270 e. The Morgan fingerprint density at radius 3 is 2.48 bits per heavy atom. The van der Waals surface area contributed by atoms with Crippen molar-refractivity contribution in [1.29, 1.82) is 0 Å². The standard InChI is InChI=1S/C16H12N4O4S/c1-9(21)17-11-4-2-10(3-5-11)15(22)19-16-18-13-7-6-12(20(23)24)8-14(13)25-16/h2-8H,1H3,(H,17,21)(H,18,19,22). The molecule has 0 aliphatic heterocycles. The van der Waals surface area contributed by atoms with Crippen LogP contribution in [0.4, 0.5) is 16.5 Å². The fourth-order valence-corrected chi connectivity index (χ4v) is 3.05. The summed E-state index contributed by atoms with van der Waals surface area (Å²) >= 11 is 1.16. The smallest absolute Gasteiger partial charge is 0.270 e. The lowest BCUT2D eigenvalue weighted by Gasteiger charge is -2.04. The van der Waals surface area contributed by atoms with Gasteiger partial charge in [0.25, 0.3) is 11.6 Å². The number of rotatable bonds is 4. The van der Waals surface area contributed by atoms with Gasteiger partial charge in [0.05, 0.1) is 15.1 Å². The Hall–Kier alpha value is -3.33. The zero-order chi connectivity index (χ0) is 18.0. The van der Waals surface area contributed by atoms with Crippen LogP contribution in [0.15, 0.2) is 42.5 Å². The molecule has 25 heavy (non-hydrogen) atoms. The lowest BCUT2D eigenvalue weighted by Crippen LogP contribution is -2.12. The second-order valence-corrected chi connectivity index (χ2v) is 6.17. The number of non-ortho nitro benzene ring substituents is 1. The molecule has 3 aromatic rings. The van der Waals surface area contributed by atoms with Crippen LogP contribution in [-0.2, 0) is 4.79 Å². The molecular formula is C16H12N4O4S. The molecule has 126 valence electrons. The highest BCUT2D eigenvalue weighted by atomic mass is 32.1. The Morgan fingerprint density at radius 1 is 1.12 bits per heavy atom. The Labute approximate surface area is 145 Å². The van der Waals surface area contributed by atoms with E-state index in [0.29, 0.717) is 26.6 Å². The number of carbonyl (C=O) groups is 2. The molecular weight excluding hydrogens is 344 g/mol. The number of hydrogen-bond donors (Lipinski definition) is 2. The van der Waals surface area contributed by atoms with Crippen LogP contribution in [0, 0.1) is 10.1 Å². The number of fused-ring (bicyclic) bond motifs is 1. The van der Waals surface area contributed by atoms with Crippen molar-refractivity contribution in [3.8, 4) is 0 Å². The molecule has 0 atom stereocenters. The largest absolute Gasteiger partial charge is 0.326 e. The molecule has 0 unspecified atom stereocenters. The normalized spacial score (nSPS) is 10.4. The summed E-state index contributed by atoms with van der Waals surface area (Å²) in [6, 6.07) is 10.7. The molecule has 0 saturated carbocycles. The predicted molar refractivity (Wildman–Crippen MR) is 95.0 cm³/mol. The average molecular weight is 356 g/mol. The number of nitrogens with one attached hydrogen (secondary N) is 2. The quantitative estimate of drug-likeness (QED) is 0.549. The van der Waals surface area contributed by atoms with Crippen molar-refractivity contribution in [2.45, 2.75) is 6.92 Å². The van der Waals surface area contributed by atoms with Crippen molar-refractivity contribution < 1.29 is 14.5 Å². The average Bonchev–Trinajstić information content (AvgIpc) is 2.96. The molecule has 1 heterocycles. The van der Waals surface area contributed by atoms with Gasteiger partial charge in [-0.25, -0.2) is 4.98 Å². The van der Waals surface area contributed by atoms with E-state index < -0.39 is 4.92 Å². The molecule has 1 aromatic heterocycles. The topological polar surface area (TPSA) is 114 Å². The molecule has 3 rings (SSSR count). The number of nitro groups is 1. The molecule has 2 amide bonds. The first-order valence-electron chi connectivity index (χ1n) is 7.16. The first kappa shape index (κ1) is 16.5. The number of amides is 2. The Morgan fingerprint density at radius 2 is 1.84 bits per heavy atom. The fourth-order valence-electron chi connectivity index (χ4n) is 2.16. The van der Waals surface area contributed by atoms with Crippen molar-refractivity contribution >= 4 is 49.9 Å². The molecule has 8 nitrogen and oxygen atoms in total. The van der Waals surface area contributed by atoms with Crippen LogP contribution < -0.4 is 10.6 Å². The van der Waals surface area contributed by atoms with Gasteiger partial charge in [-0.1, -0.05) is 11.3 Å². The molecule has 0 aliphatic rings. The zero-order valence-corrected chi connectivity index (χ0v) is 13.8. The van der Waals surface area contributed by atoms with E-state index in [4.69, 9.17) is 0 Å². The molecule has 2 aromatic carbocycles. The van der Waals surface area contributed by atoms with Gasteiger partial charge >= 0.3 is 0 Å². The van der Waals surface area contributed by atoms with Gasteiger partial charge in [0.1, 0.15) is 0 Å². The maximum absolute atomic E-state index is 12.3. The van der Waals surface area contributed by atoms with E-state index in [1.165, 1.54) is 19.1 Å². The van der Waals surface area contributed by atoms with Gasteiger partial charge < -0.3 is 5.32 Å². The number of hydrogen-bond acceptors (Lipinski definition) is 6. The van der Waals surface area contributed by atoms with Gasteiger partial charge in [-0.05, 0) is 30.3 Å². The van der Waals surface area contributed by atoms with E-state index in [0.717, 1.165) is 11.3 Å². The minimum Gasteiger partial charge on any atom is -0.326 e. The minimum absolute atomic E-state index is 0.0254. The highest BCUT2D eigenvalue weighted by Crippen LogP contribution is 2.29. The van der Waals surface area contributed by atoms with E-state index in [9.17, 15) is 19.7 Å². The summed E-state index contributed by atoms with van der Waals surface area (Å²) in [7, 11) is 0. The first-order valence-corrected chi connectivity index (χ1v) is 7.98. The van der Waals surface area contributed by atoms with Crippen molar-refractivity contribution in [2.24, 2.45) is 0 Å². The zero-order valence-electron chi connectivity index (χ0n) is 13.0. The molecule has 0 saturated heterocycles. The third kappa shape index (κ3) is 3.78. The van der Waals surface area contributed by atoms with Crippen molar-refractivity contribution in [3.63, 3.8) is 0 Å². The lowest BCUT2D eigenvalue weighted by atomic mass is 10.2. The number of nitrogens with zero attached hydrogens (tertiary/aromatic N) is 2. The van der Waals surface area contributed by atoms with Crippen LogP contribution in [0.1, 0.15) is 17.3 Å². The Kier molecular flexibility index (Phi) is 4.40. The molecule has 0 radical (unpaired) electrons. The third-order valence-electron chi connectivity index (χ3n) is 3.27. The van der Waals surface area contributed by atoms with E-state index in [1.54, 1.807) is 30.3 Å². The van der Waals surface area contributed by atoms with E-state index >= 15 is 0 Å². The second kappa shape index (κ2) is 6.65. The number of aromatic nitrogens is 1. The molecule has 0 aliphatic carbocycles. The number of thiazole rings is 1. The van der Waals surface area contributed by atoms with E-state index in [1.807, 2.05) is 0 Å². The van der Waals surface area contributed by atoms with Crippen molar-refractivity contribution in [2.75, 3.05) is 10.6 Å². The summed E-state index contributed by atoms with van der Waals surface area (Å²) in [5.41, 5.74) is 1.55. The van der Waals surface area contributed by atoms with Crippen LogP contribution in [0.3, 0.4) is 0 Å². The Bertz CT molecular complexity index is 981. The summed E-state index contributed by atoms with van der Waals surface area (Å²) in [5, 5.41) is 16.4. The fraction of sp³-hybridized carbons (Fsp3) is 0.0625. The van der Waals surface area contributed by atoms with Gasteiger partial charge in [-0.15, -0.1) is 0 Å². The van der Waals surface area contributed by atoms with E-state index in [-0.39, 0.29) is 17.5 Å². The highest BCUT2D eigenvalue weighted by molar-refractivity contribution is 7.22. The molecule has 0 spiro atoms. The second-order valence-electron chi connectivity index (χ2n) is 5.14. The summed E-state index contributed by atoms with van der Waals surface area (Å²) in [6.45, 7) is 1.40. The van der Waals surface area contributed by atoms with Crippen molar-refractivity contribution in [3.05, 3.63) is 58.1 Å². The number of carbonyl (C=O) groups excluding carboxylic acids is 2. The third-order valence-corrected chi connectivity index (χ3v) is 4.20. The molecule has 0 bridgehead atoms. The van der Waals surface area contributed by atoms with Gasteiger partial charge in [0.2, 0.25) is 5.91 Å². The predicted octanol–water partition coefficient (Wildman–Crippen LogP) is 3.42. The van der Waals surface area contributed by atoms with Gasteiger partial charge in [-0.2, -0.15) is 0 Å². The number of nitro benzene ring substituents is 1. The van der Waals surface area contributed by atoms with Gasteiger partial charge in [0.15, 0.2) is 5.13 Å². The van der Waals surface area contributed by atoms with Gasteiger partial charge in [0, 0.05) is 30.3 Å². The van der Waals surface area contributed by atoms with Crippen LogP contribution in [0.5, 0.6) is 0 Å². The summed E-state index contributed by atoms with van der Waals surface area (Å²) in [5.74, 6) is -0.552. The number of anilines is 2. The van der Waals surface area contributed by atoms with Crippen LogP contribution in [0.25, 0.3) is 10.2 Å². The maximum atomic E-state index is 12.3. The molecule has 9 heteroatoms. The molecule has 2 N–H and O–H groups in total. The van der Waals surface area contributed by atoms with Crippen LogP contribution in [-0.4, -0.2) is 21.7 Å². The van der Waals surface area contributed by atoms with Gasteiger partial charge in [-0.3, -0.25) is 25.0 Å². The van der Waals surface area contributed by atoms with Crippen molar-refractivity contribution in [1.82, 2.24) is 4.98 Å². The van der Waals surface area contributed by atoms with Crippen LogP contribution in [0.2, 0.25) is 0 Å². The minimum atomic E-state index is -0.478. The highest BCUT2D eigenvalue weighted by Gasteiger charge is 2.13. The summed E-state index contributed by atoms with van der Waals surface area (Å²) in [4.78, 5) is 37.8. The molecule has 0 fully saturated rings. The first-order chi connectivity index (χ1) is 11.9. The monoisotopic (exact) mass is 356 g/mol. The Balaban J connectivity index is 1.77. The van der Waals surface area contributed by atoms with Crippen LogP contribution >= 0.6 is 11.3 Å². The summed E-state index contributed by atoms with van der Waals surface area (Å²) < 4.78 is 0.616. The SMILES string of the molecule is CC(=O)Nc1ccc(C(=O)Nc2nc3ccc([N+](=O)[O-])cc3s2)cc1. The lowest BCUT2D eigenvalue weighted by molar-refractivity contribution is -0.384. The van der Waals surface area contributed by atoms with E-state index in [2.05, 4.69) is 15.6 Å².